The second-order valence-corrected chi connectivity index (χ2v) is 6.80. The number of amides is 1. The Balaban J connectivity index is 2.08. The lowest BCUT2D eigenvalue weighted by Gasteiger charge is -2.31. The first-order chi connectivity index (χ1) is 9.44. The van der Waals surface area contributed by atoms with E-state index in [-0.39, 0.29) is 5.91 Å². The van der Waals surface area contributed by atoms with Crippen LogP contribution in [0.5, 0.6) is 0 Å². The Hall–Kier alpha value is -1.35. The molecule has 2 rings (SSSR count). The van der Waals surface area contributed by atoms with Crippen molar-refractivity contribution in [1.29, 1.82) is 0 Å². The molecule has 1 atom stereocenters. The Morgan fingerprint density at radius 2 is 1.85 bits per heavy atom. The van der Waals surface area contributed by atoms with E-state index in [9.17, 15) is 4.79 Å². The molecule has 0 bridgehead atoms. The van der Waals surface area contributed by atoms with Crippen LogP contribution in [0.15, 0.2) is 30.3 Å². The van der Waals surface area contributed by atoms with Crippen molar-refractivity contribution in [2.45, 2.75) is 58.0 Å². The maximum Gasteiger partial charge on any atom is 0.237 e. The van der Waals surface area contributed by atoms with Crippen LogP contribution in [0.25, 0.3) is 0 Å². The van der Waals surface area contributed by atoms with E-state index in [1.54, 1.807) is 0 Å². The van der Waals surface area contributed by atoms with Gasteiger partial charge in [0.05, 0.1) is 5.54 Å². The Morgan fingerprint density at radius 1 is 1.15 bits per heavy atom. The van der Waals surface area contributed by atoms with E-state index < -0.39 is 5.54 Å². The van der Waals surface area contributed by atoms with E-state index in [1.165, 1.54) is 5.56 Å². The number of rotatable bonds is 4. The van der Waals surface area contributed by atoms with Crippen molar-refractivity contribution >= 4 is 5.91 Å². The average molecular weight is 274 g/mol. The molecule has 1 saturated carbocycles. The highest BCUT2D eigenvalue weighted by molar-refractivity contribution is 5.84. The van der Waals surface area contributed by atoms with Gasteiger partial charge in [0.25, 0.3) is 0 Å². The van der Waals surface area contributed by atoms with Crippen molar-refractivity contribution in [1.82, 2.24) is 5.32 Å². The summed E-state index contributed by atoms with van der Waals surface area (Å²) in [4.78, 5) is 12.0. The molecule has 1 amide bonds. The van der Waals surface area contributed by atoms with E-state index in [2.05, 4.69) is 31.3 Å². The van der Waals surface area contributed by atoms with Crippen LogP contribution in [0, 0.1) is 5.41 Å². The van der Waals surface area contributed by atoms with Gasteiger partial charge in [0.15, 0.2) is 0 Å². The topological polar surface area (TPSA) is 55.1 Å². The van der Waals surface area contributed by atoms with Gasteiger partial charge in [-0.05, 0) is 36.7 Å². The zero-order valence-electron chi connectivity index (χ0n) is 12.6. The van der Waals surface area contributed by atoms with Gasteiger partial charge in [0.2, 0.25) is 5.91 Å². The Labute approximate surface area is 121 Å². The molecule has 3 heteroatoms. The summed E-state index contributed by atoms with van der Waals surface area (Å²) in [5.41, 5.74) is 6.69. The van der Waals surface area contributed by atoms with Gasteiger partial charge in [0.1, 0.15) is 0 Å². The van der Waals surface area contributed by atoms with Crippen molar-refractivity contribution < 1.29 is 4.79 Å². The second-order valence-electron chi connectivity index (χ2n) is 6.80. The summed E-state index contributed by atoms with van der Waals surface area (Å²) in [6.07, 6.45) is 4.94. The smallest absolute Gasteiger partial charge is 0.237 e. The molecule has 3 N–H and O–H groups in total. The van der Waals surface area contributed by atoms with Gasteiger partial charge in [-0.1, -0.05) is 50.6 Å². The molecule has 0 radical (unpaired) electrons. The summed E-state index contributed by atoms with van der Waals surface area (Å²) in [6.45, 7) is 5.26. The standard InChI is InChI=1S/C17H26N2O/c1-16(2)9-6-10-17(12-11-16,15(18)20)19-13-14-7-4-3-5-8-14/h3-5,7-8,19H,6,9-13H2,1-2H3,(H2,18,20). The number of carbonyl (C=O) groups is 1. The fourth-order valence-corrected chi connectivity index (χ4v) is 3.05. The largest absolute Gasteiger partial charge is 0.368 e. The predicted octanol–water partition coefficient (Wildman–Crippen LogP) is 2.99. The van der Waals surface area contributed by atoms with Gasteiger partial charge >= 0.3 is 0 Å². The minimum atomic E-state index is -0.538. The Morgan fingerprint density at radius 3 is 2.50 bits per heavy atom. The van der Waals surface area contributed by atoms with Gasteiger partial charge in [-0.15, -0.1) is 0 Å². The van der Waals surface area contributed by atoms with E-state index in [4.69, 9.17) is 5.73 Å². The highest BCUT2D eigenvalue weighted by Crippen LogP contribution is 2.38. The molecule has 20 heavy (non-hydrogen) atoms. The molecule has 0 saturated heterocycles. The molecule has 1 aliphatic carbocycles. The number of hydrogen-bond donors (Lipinski definition) is 2. The highest BCUT2D eigenvalue weighted by Gasteiger charge is 2.39. The van der Waals surface area contributed by atoms with Gasteiger partial charge in [-0.2, -0.15) is 0 Å². The molecule has 0 heterocycles. The van der Waals surface area contributed by atoms with E-state index in [0.717, 1.165) is 32.1 Å². The lowest BCUT2D eigenvalue weighted by molar-refractivity contribution is -0.125. The molecule has 1 aromatic rings. The molecular weight excluding hydrogens is 248 g/mol. The van der Waals surface area contributed by atoms with Crippen molar-refractivity contribution in [2.24, 2.45) is 11.1 Å². The third kappa shape index (κ3) is 3.60. The lowest BCUT2D eigenvalue weighted by atomic mass is 9.83. The fourth-order valence-electron chi connectivity index (χ4n) is 3.05. The van der Waals surface area contributed by atoms with Crippen LogP contribution in [-0.2, 0) is 11.3 Å². The SMILES string of the molecule is CC1(C)CCCC(NCc2ccccc2)(C(N)=O)CC1. The van der Waals surface area contributed by atoms with Crippen LogP contribution in [0.1, 0.15) is 51.5 Å². The molecule has 0 aliphatic heterocycles. The van der Waals surface area contributed by atoms with Crippen molar-refractivity contribution in [2.75, 3.05) is 0 Å². The second kappa shape index (κ2) is 5.96. The number of carbonyl (C=O) groups excluding carboxylic acids is 1. The van der Waals surface area contributed by atoms with Crippen molar-refractivity contribution in [3.8, 4) is 0 Å². The quantitative estimate of drug-likeness (QED) is 0.829. The number of nitrogens with two attached hydrogens (primary N) is 1. The molecule has 1 aliphatic rings. The first kappa shape index (κ1) is 15.0. The van der Waals surface area contributed by atoms with E-state index in [0.29, 0.717) is 12.0 Å². The van der Waals surface area contributed by atoms with Gasteiger partial charge in [-0.3, -0.25) is 10.1 Å². The van der Waals surface area contributed by atoms with Gasteiger partial charge < -0.3 is 5.73 Å². The van der Waals surface area contributed by atoms with Crippen molar-refractivity contribution in [3.63, 3.8) is 0 Å². The molecule has 110 valence electrons. The molecule has 0 spiro atoms. The minimum Gasteiger partial charge on any atom is -0.368 e. The lowest BCUT2D eigenvalue weighted by Crippen LogP contribution is -2.54. The molecule has 1 aromatic carbocycles. The summed E-state index contributed by atoms with van der Waals surface area (Å²) in [6, 6.07) is 10.2. The molecule has 0 aromatic heterocycles. The maximum atomic E-state index is 12.0. The first-order valence-electron chi connectivity index (χ1n) is 7.52. The van der Waals surface area contributed by atoms with Crippen molar-refractivity contribution in [3.05, 3.63) is 35.9 Å². The van der Waals surface area contributed by atoms with E-state index in [1.807, 2.05) is 18.2 Å². The molecule has 1 fully saturated rings. The van der Waals surface area contributed by atoms with Crippen LogP contribution in [-0.4, -0.2) is 11.4 Å². The predicted molar refractivity (Wildman–Crippen MR) is 82.1 cm³/mol. The molecular formula is C17H26N2O. The zero-order valence-corrected chi connectivity index (χ0v) is 12.6. The van der Waals surface area contributed by atoms with Crippen LogP contribution in [0.2, 0.25) is 0 Å². The highest BCUT2D eigenvalue weighted by atomic mass is 16.1. The number of benzene rings is 1. The van der Waals surface area contributed by atoms with Crippen LogP contribution in [0.4, 0.5) is 0 Å². The number of nitrogens with one attached hydrogen (secondary N) is 1. The Bertz CT molecular complexity index is 455. The van der Waals surface area contributed by atoms with Crippen LogP contribution < -0.4 is 11.1 Å². The summed E-state index contributed by atoms with van der Waals surface area (Å²) >= 11 is 0. The first-order valence-corrected chi connectivity index (χ1v) is 7.52. The fraction of sp³-hybridized carbons (Fsp3) is 0.588. The summed E-state index contributed by atoms with van der Waals surface area (Å²) < 4.78 is 0. The molecule has 1 unspecified atom stereocenters. The van der Waals surface area contributed by atoms with Gasteiger partial charge in [0, 0.05) is 6.54 Å². The average Bonchev–Trinajstić information content (AvgIpc) is 2.57. The maximum absolute atomic E-state index is 12.0. The normalized spacial score (nSPS) is 25.9. The molecule has 3 nitrogen and oxygen atoms in total. The summed E-state index contributed by atoms with van der Waals surface area (Å²) in [5.74, 6) is -0.203. The Kier molecular flexibility index (Phi) is 4.48. The van der Waals surface area contributed by atoms with Crippen LogP contribution >= 0.6 is 0 Å². The number of hydrogen-bond acceptors (Lipinski definition) is 2. The summed E-state index contributed by atoms with van der Waals surface area (Å²) in [5, 5.41) is 3.45. The summed E-state index contributed by atoms with van der Waals surface area (Å²) in [7, 11) is 0. The third-order valence-electron chi connectivity index (χ3n) is 4.63. The van der Waals surface area contributed by atoms with Crippen LogP contribution in [0.3, 0.4) is 0 Å². The number of primary amides is 1. The monoisotopic (exact) mass is 274 g/mol. The third-order valence-corrected chi connectivity index (χ3v) is 4.63. The minimum absolute atomic E-state index is 0.203. The zero-order chi connectivity index (χ0) is 14.6. The van der Waals surface area contributed by atoms with Gasteiger partial charge in [-0.25, -0.2) is 0 Å². The van der Waals surface area contributed by atoms with E-state index >= 15 is 0 Å².